The first-order valence-electron chi connectivity index (χ1n) is 6.29. The summed E-state index contributed by atoms with van der Waals surface area (Å²) in [7, 11) is 0. The van der Waals surface area contributed by atoms with Crippen LogP contribution in [0.4, 0.5) is 0 Å². The fraction of sp³-hybridized carbons (Fsp3) is 0.750. The maximum Gasteiger partial charge on any atom is 0.325 e. The Morgan fingerprint density at radius 3 is 2.39 bits per heavy atom. The second kappa shape index (κ2) is 3.54. The molecule has 0 radical (unpaired) electrons. The molecule has 0 aromatic heterocycles. The molecule has 3 rings (SSSR count). The number of likely N-dealkylation sites (tertiary alicyclic amines) is 1. The molecule has 1 heterocycles. The molecular formula is C12H16N2O4. The zero-order valence-corrected chi connectivity index (χ0v) is 10.2. The van der Waals surface area contributed by atoms with Crippen LogP contribution >= 0.6 is 0 Å². The van der Waals surface area contributed by atoms with Crippen LogP contribution in [0.2, 0.25) is 0 Å². The summed E-state index contributed by atoms with van der Waals surface area (Å²) in [6.45, 7) is 1.47. The number of carboxylic acids is 1. The molecule has 3 fully saturated rings. The van der Waals surface area contributed by atoms with Gasteiger partial charge in [-0.2, -0.15) is 0 Å². The summed E-state index contributed by atoms with van der Waals surface area (Å²) < 4.78 is 0. The van der Waals surface area contributed by atoms with Gasteiger partial charge in [-0.15, -0.1) is 0 Å². The number of nitrogens with zero attached hydrogens (tertiary/aromatic N) is 1. The van der Waals surface area contributed by atoms with Crippen LogP contribution in [-0.2, 0) is 14.4 Å². The lowest BCUT2D eigenvalue weighted by molar-refractivity contribution is -0.149. The summed E-state index contributed by atoms with van der Waals surface area (Å²) in [6, 6.07) is 0.202. The average molecular weight is 252 g/mol. The van der Waals surface area contributed by atoms with E-state index in [9.17, 15) is 19.5 Å². The van der Waals surface area contributed by atoms with Crippen LogP contribution in [0.25, 0.3) is 0 Å². The predicted octanol–water partition coefficient (Wildman–Crippen LogP) is -0.413. The van der Waals surface area contributed by atoms with Crippen molar-refractivity contribution in [2.45, 2.75) is 37.8 Å². The van der Waals surface area contributed by atoms with E-state index in [0.717, 1.165) is 17.7 Å². The van der Waals surface area contributed by atoms with Crippen molar-refractivity contribution < 1.29 is 19.5 Å². The summed E-state index contributed by atoms with van der Waals surface area (Å²) >= 11 is 0. The lowest BCUT2D eigenvalue weighted by Crippen LogP contribution is -2.59. The molecule has 0 aromatic carbocycles. The summed E-state index contributed by atoms with van der Waals surface area (Å²) in [5.74, 6) is -1.76. The monoisotopic (exact) mass is 252 g/mol. The first kappa shape index (κ1) is 11.6. The first-order valence-corrected chi connectivity index (χ1v) is 6.29. The highest BCUT2D eigenvalue weighted by Crippen LogP contribution is 2.47. The topological polar surface area (TPSA) is 86.7 Å². The molecule has 6 heteroatoms. The van der Waals surface area contributed by atoms with E-state index in [4.69, 9.17) is 0 Å². The van der Waals surface area contributed by atoms with Crippen LogP contribution in [0.15, 0.2) is 0 Å². The van der Waals surface area contributed by atoms with Gasteiger partial charge in [0.05, 0.1) is 18.4 Å². The van der Waals surface area contributed by atoms with E-state index in [2.05, 4.69) is 5.32 Å². The zero-order valence-electron chi connectivity index (χ0n) is 10.2. The van der Waals surface area contributed by atoms with Crippen LogP contribution in [-0.4, -0.2) is 45.9 Å². The maximum atomic E-state index is 11.8. The van der Waals surface area contributed by atoms with Crippen molar-refractivity contribution in [3.8, 4) is 0 Å². The van der Waals surface area contributed by atoms with Crippen LogP contribution in [0, 0.1) is 11.8 Å². The Morgan fingerprint density at radius 1 is 1.39 bits per heavy atom. The standard InChI is InChI=1S/C12H16N2O4/c1-12(11(17)18,13-6-2-3-6)5-14-9(15)7-4-8(7)10(14)16/h6-8,13H,2-5H2,1H3,(H,17,18). The number of nitrogens with one attached hydrogen (secondary N) is 1. The largest absolute Gasteiger partial charge is 0.480 e. The van der Waals surface area contributed by atoms with E-state index in [1.165, 1.54) is 6.92 Å². The fourth-order valence-corrected chi connectivity index (χ4v) is 2.58. The van der Waals surface area contributed by atoms with Gasteiger partial charge in [-0.05, 0) is 26.2 Å². The summed E-state index contributed by atoms with van der Waals surface area (Å²) in [5, 5.41) is 12.3. The highest BCUT2D eigenvalue weighted by atomic mass is 16.4. The summed E-state index contributed by atoms with van der Waals surface area (Å²) in [5.41, 5.74) is -1.23. The number of carbonyl (C=O) groups is 3. The molecule has 0 bridgehead atoms. The number of hydrogen-bond donors (Lipinski definition) is 2. The molecule has 98 valence electrons. The Hall–Kier alpha value is -1.43. The lowest BCUT2D eigenvalue weighted by atomic mass is 10.0. The Kier molecular flexibility index (Phi) is 2.29. The van der Waals surface area contributed by atoms with Gasteiger partial charge in [0.25, 0.3) is 0 Å². The third-order valence-electron chi connectivity index (χ3n) is 4.00. The van der Waals surface area contributed by atoms with E-state index < -0.39 is 11.5 Å². The predicted molar refractivity (Wildman–Crippen MR) is 60.5 cm³/mol. The van der Waals surface area contributed by atoms with E-state index in [-0.39, 0.29) is 36.2 Å². The van der Waals surface area contributed by atoms with Gasteiger partial charge >= 0.3 is 5.97 Å². The van der Waals surface area contributed by atoms with Gasteiger partial charge in [0.1, 0.15) is 5.54 Å². The van der Waals surface area contributed by atoms with Gasteiger partial charge in [0.15, 0.2) is 0 Å². The van der Waals surface area contributed by atoms with E-state index in [1.54, 1.807) is 0 Å². The molecule has 6 nitrogen and oxygen atoms in total. The molecule has 3 atom stereocenters. The minimum atomic E-state index is -1.23. The molecule has 2 N–H and O–H groups in total. The second-order valence-electron chi connectivity index (χ2n) is 5.77. The number of carbonyl (C=O) groups excluding carboxylic acids is 2. The molecule has 2 amide bonds. The minimum Gasteiger partial charge on any atom is -0.480 e. The number of piperidine rings is 1. The van der Waals surface area contributed by atoms with Gasteiger partial charge in [0, 0.05) is 6.04 Å². The van der Waals surface area contributed by atoms with Gasteiger partial charge < -0.3 is 5.11 Å². The van der Waals surface area contributed by atoms with Crippen LogP contribution in [0.3, 0.4) is 0 Å². The molecular weight excluding hydrogens is 236 g/mol. The quantitative estimate of drug-likeness (QED) is 0.649. The molecule has 1 saturated heterocycles. The highest BCUT2D eigenvalue weighted by molar-refractivity contribution is 6.09. The Balaban J connectivity index is 1.74. The van der Waals surface area contributed by atoms with Gasteiger partial charge in [0.2, 0.25) is 11.8 Å². The van der Waals surface area contributed by atoms with Crippen LogP contribution in [0.1, 0.15) is 26.2 Å². The molecule has 1 aliphatic heterocycles. The Bertz CT molecular complexity index is 425. The molecule has 3 aliphatic rings. The van der Waals surface area contributed by atoms with E-state index >= 15 is 0 Å². The van der Waals surface area contributed by atoms with Crippen molar-refractivity contribution in [3.05, 3.63) is 0 Å². The average Bonchev–Trinajstić information content (AvgIpc) is 3.15. The normalized spacial score (nSPS) is 33.3. The Morgan fingerprint density at radius 2 is 1.94 bits per heavy atom. The van der Waals surface area contributed by atoms with E-state index in [1.807, 2.05) is 0 Å². The van der Waals surface area contributed by atoms with Gasteiger partial charge in [-0.3, -0.25) is 24.6 Å². The van der Waals surface area contributed by atoms with Crippen molar-refractivity contribution >= 4 is 17.8 Å². The number of carboxylic acid groups (broad SMARTS) is 1. The first-order chi connectivity index (χ1) is 8.42. The molecule has 2 aliphatic carbocycles. The number of imide groups is 1. The molecule has 0 spiro atoms. The van der Waals surface area contributed by atoms with Gasteiger partial charge in [-0.1, -0.05) is 0 Å². The molecule has 18 heavy (non-hydrogen) atoms. The second-order valence-corrected chi connectivity index (χ2v) is 5.77. The van der Waals surface area contributed by atoms with Crippen LogP contribution in [0.5, 0.6) is 0 Å². The van der Waals surface area contributed by atoms with Crippen molar-refractivity contribution in [2.75, 3.05) is 6.54 Å². The lowest BCUT2D eigenvalue weighted by Gasteiger charge is -2.30. The van der Waals surface area contributed by atoms with Crippen molar-refractivity contribution in [2.24, 2.45) is 11.8 Å². The highest BCUT2D eigenvalue weighted by Gasteiger charge is 2.60. The van der Waals surface area contributed by atoms with Crippen molar-refractivity contribution in [1.82, 2.24) is 10.2 Å². The molecule has 0 aromatic rings. The van der Waals surface area contributed by atoms with Crippen molar-refractivity contribution in [1.29, 1.82) is 0 Å². The number of fused-ring (bicyclic) bond motifs is 1. The number of aliphatic carboxylic acids is 1. The summed E-state index contributed by atoms with van der Waals surface area (Å²) in [4.78, 5) is 36.2. The smallest absolute Gasteiger partial charge is 0.325 e. The Labute approximate surface area is 104 Å². The SMILES string of the molecule is CC(CN1C(=O)C2CC2C1=O)(NC1CC1)C(=O)O. The number of hydrogen-bond acceptors (Lipinski definition) is 4. The summed E-state index contributed by atoms with van der Waals surface area (Å²) in [6.07, 6.45) is 2.56. The molecule has 2 saturated carbocycles. The minimum absolute atomic E-state index is 0.0660. The maximum absolute atomic E-state index is 11.8. The van der Waals surface area contributed by atoms with Gasteiger partial charge in [-0.25, -0.2) is 0 Å². The molecule has 3 unspecified atom stereocenters. The van der Waals surface area contributed by atoms with Crippen LogP contribution < -0.4 is 5.32 Å². The van der Waals surface area contributed by atoms with E-state index in [0.29, 0.717) is 6.42 Å². The fourth-order valence-electron chi connectivity index (χ4n) is 2.58. The third-order valence-corrected chi connectivity index (χ3v) is 4.00. The number of rotatable bonds is 5. The third kappa shape index (κ3) is 1.71. The zero-order chi connectivity index (χ0) is 13.1. The van der Waals surface area contributed by atoms with Crippen molar-refractivity contribution in [3.63, 3.8) is 0 Å². The number of amides is 2.